The summed E-state index contributed by atoms with van der Waals surface area (Å²) in [5.74, 6) is 0.758. The maximum atomic E-state index is 9.07. The maximum Gasteiger partial charge on any atom is 0.488 e. The Morgan fingerprint density at radius 1 is 1.37 bits per heavy atom. The third-order valence-electron chi connectivity index (χ3n) is 2.90. The van der Waals surface area contributed by atoms with E-state index >= 15 is 0 Å². The van der Waals surface area contributed by atoms with Crippen LogP contribution < -0.4 is 10.2 Å². The van der Waals surface area contributed by atoms with Crippen molar-refractivity contribution < 1.29 is 14.8 Å². The van der Waals surface area contributed by atoms with Gasteiger partial charge in [0.2, 0.25) is 0 Å². The molecule has 5 nitrogen and oxygen atoms in total. The summed E-state index contributed by atoms with van der Waals surface area (Å²) in [5, 5.41) is 22.2. The first-order valence-electron chi connectivity index (χ1n) is 6.13. The van der Waals surface area contributed by atoms with Gasteiger partial charge in [-0.2, -0.15) is 5.10 Å². The molecule has 6 heteroatoms. The Kier molecular flexibility index (Phi) is 4.24. The smallest absolute Gasteiger partial charge is 0.488 e. The highest BCUT2D eigenvalue weighted by atomic mass is 16.5. The average Bonchev–Trinajstić information content (AvgIpc) is 2.77. The minimum absolute atomic E-state index is 0.470. The summed E-state index contributed by atoms with van der Waals surface area (Å²) < 4.78 is 7.45. The second kappa shape index (κ2) is 5.90. The molecule has 0 radical (unpaired) electrons. The Labute approximate surface area is 112 Å². The van der Waals surface area contributed by atoms with E-state index in [9.17, 15) is 0 Å². The molecule has 1 heterocycles. The van der Waals surface area contributed by atoms with Gasteiger partial charge in [0.25, 0.3) is 0 Å². The molecule has 100 valence electrons. The quantitative estimate of drug-likeness (QED) is 0.744. The van der Waals surface area contributed by atoms with E-state index in [1.54, 1.807) is 22.9 Å². The predicted molar refractivity (Wildman–Crippen MR) is 73.4 cm³/mol. The molecule has 0 unspecified atom stereocenters. The van der Waals surface area contributed by atoms with Crippen LogP contribution in [0.25, 0.3) is 0 Å². The molecule has 0 fully saturated rings. The fourth-order valence-corrected chi connectivity index (χ4v) is 1.87. The second-order valence-corrected chi connectivity index (χ2v) is 4.52. The van der Waals surface area contributed by atoms with Crippen molar-refractivity contribution in [3.63, 3.8) is 0 Å². The molecule has 0 bridgehead atoms. The molecule has 0 atom stereocenters. The lowest BCUT2D eigenvalue weighted by Gasteiger charge is -2.10. The van der Waals surface area contributed by atoms with Crippen molar-refractivity contribution in [2.75, 3.05) is 6.61 Å². The number of benzene rings is 1. The van der Waals surface area contributed by atoms with Crippen molar-refractivity contribution in [3.8, 4) is 5.75 Å². The number of aryl methyl sites for hydroxylation is 2. The van der Waals surface area contributed by atoms with Gasteiger partial charge in [0.05, 0.1) is 12.8 Å². The van der Waals surface area contributed by atoms with Crippen LogP contribution in [0.4, 0.5) is 0 Å². The van der Waals surface area contributed by atoms with E-state index in [1.165, 1.54) is 0 Å². The molecule has 0 aliphatic heterocycles. The molecule has 0 spiro atoms. The van der Waals surface area contributed by atoms with Gasteiger partial charge < -0.3 is 14.8 Å². The van der Waals surface area contributed by atoms with Crippen LogP contribution in [0, 0.1) is 6.92 Å². The van der Waals surface area contributed by atoms with Gasteiger partial charge in [0.15, 0.2) is 0 Å². The summed E-state index contributed by atoms with van der Waals surface area (Å²) in [6, 6.07) is 5.12. The van der Waals surface area contributed by atoms with Gasteiger partial charge in [-0.25, -0.2) is 0 Å². The van der Waals surface area contributed by atoms with Crippen LogP contribution in [0.15, 0.2) is 30.6 Å². The van der Waals surface area contributed by atoms with Crippen molar-refractivity contribution in [2.24, 2.45) is 7.05 Å². The zero-order valence-corrected chi connectivity index (χ0v) is 11.1. The van der Waals surface area contributed by atoms with Crippen molar-refractivity contribution in [1.82, 2.24) is 9.78 Å². The summed E-state index contributed by atoms with van der Waals surface area (Å²) in [7, 11) is 0.441. The molecular weight excluding hydrogens is 243 g/mol. The number of ether oxygens (including phenoxy) is 1. The molecule has 1 aromatic carbocycles. The van der Waals surface area contributed by atoms with Crippen molar-refractivity contribution in [3.05, 3.63) is 41.7 Å². The normalized spacial score (nSPS) is 10.5. The zero-order chi connectivity index (χ0) is 13.8. The number of rotatable bonds is 5. The third kappa shape index (κ3) is 3.59. The van der Waals surface area contributed by atoms with Gasteiger partial charge in [0, 0.05) is 19.7 Å². The molecule has 0 saturated carbocycles. The van der Waals surface area contributed by atoms with Gasteiger partial charge in [-0.05, 0) is 29.6 Å². The van der Waals surface area contributed by atoms with Crippen LogP contribution in [-0.2, 0) is 13.5 Å². The third-order valence-corrected chi connectivity index (χ3v) is 2.90. The van der Waals surface area contributed by atoms with Gasteiger partial charge in [-0.15, -0.1) is 0 Å². The van der Waals surface area contributed by atoms with Crippen LogP contribution in [0.5, 0.6) is 5.75 Å². The van der Waals surface area contributed by atoms with Crippen LogP contribution in [0.3, 0.4) is 0 Å². The summed E-state index contributed by atoms with van der Waals surface area (Å²) in [5.41, 5.74) is 2.48. The van der Waals surface area contributed by atoms with Gasteiger partial charge in [-0.1, -0.05) is 12.1 Å². The lowest BCUT2D eigenvalue weighted by Crippen LogP contribution is -2.29. The lowest BCUT2D eigenvalue weighted by molar-refractivity contribution is 0.320. The molecule has 0 saturated heterocycles. The SMILES string of the molecule is Cc1cc(B(O)O)ccc1OCCc1cnn(C)c1. The summed E-state index contributed by atoms with van der Waals surface area (Å²) >= 11 is 0. The second-order valence-electron chi connectivity index (χ2n) is 4.52. The molecular formula is C13H17BN2O3. The Bertz CT molecular complexity index is 555. The molecule has 0 amide bonds. The molecule has 0 aliphatic rings. The Morgan fingerprint density at radius 2 is 2.16 bits per heavy atom. The Morgan fingerprint density at radius 3 is 2.74 bits per heavy atom. The van der Waals surface area contributed by atoms with Crippen LogP contribution in [0.2, 0.25) is 0 Å². The number of aromatic nitrogens is 2. The van der Waals surface area contributed by atoms with E-state index in [0.717, 1.165) is 23.3 Å². The van der Waals surface area contributed by atoms with E-state index in [1.807, 2.05) is 26.4 Å². The molecule has 2 aromatic rings. The first kappa shape index (κ1) is 13.6. The van der Waals surface area contributed by atoms with Crippen LogP contribution in [-0.4, -0.2) is 33.6 Å². The summed E-state index contributed by atoms with van der Waals surface area (Å²) in [6.07, 6.45) is 4.57. The van der Waals surface area contributed by atoms with Gasteiger partial charge in [0.1, 0.15) is 5.75 Å². The minimum Gasteiger partial charge on any atom is -0.493 e. The first-order valence-corrected chi connectivity index (χ1v) is 6.13. The van der Waals surface area contributed by atoms with Crippen molar-refractivity contribution >= 4 is 12.6 Å². The molecule has 0 aliphatic carbocycles. The first-order chi connectivity index (χ1) is 9.06. The number of nitrogens with zero attached hydrogens (tertiary/aromatic N) is 2. The highest BCUT2D eigenvalue weighted by Gasteiger charge is 2.12. The highest BCUT2D eigenvalue weighted by Crippen LogP contribution is 2.15. The predicted octanol–water partition coefficient (Wildman–Crippen LogP) is 0.0298. The lowest BCUT2D eigenvalue weighted by atomic mass is 9.79. The Balaban J connectivity index is 1.92. The number of hydrogen-bond donors (Lipinski definition) is 2. The van der Waals surface area contributed by atoms with E-state index in [-0.39, 0.29) is 0 Å². The van der Waals surface area contributed by atoms with Gasteiger partial charge in [-0.3, -0.25) is 4.68 Å². The fraction of sp³-hybridized carbons (Fsp3) is 0.308. The van der Waals surface area contributed by atoms with Crippen LogP contribution in [0.1, 0.15) is 11.1 Å². The van der Waals surface area contributed by atoms with E-state index in [4.69, 9.17) is 14.8 Å². The van der Waals surface area contributed by atoms with Gasteiger partial charge >= 0.3 is 7.12 Å². The molecule has 19 heavy (non-hydrogen) atoms. The largest absolute Gasteiger partial charge is 0.493 e. The maximum absolute atomic E-state index is 9.07. The van der Waals surface area contributed by atoms with E-state index in [0.29, 0.717) is 12.1 Å². The monoisotopic (exact) mass is 260 g/mol. The molecule has 1 aromatic heterocycles. The minimum atomic E-state index is -1.44. The topological polar surface area (TPSA) is 67.5 Å². The zero-order valence-electron chi connectivity index (χ0n) is 11.1. The Hall–Kier alpha value is -1.79. The van der Waals surface area contributed by atoms with E-state index < -0.39 is 7.12 Å². The van der Waals surface area contributed by atoms with Crippen molar-refractivity contribution in [1.29, 1.82) is 0 Å². The fourth-order valence-electron chi connectivity index (χ4n) is 1.87. The molecule has 2 N–H and O–H groups in total. The standard InChI is InChI=1S/C13H17BN2O3/c1-10-7-12(14(17)18)3-4-13(10)19-6-5-11-8-15-16(2)9-11/h3-4,7-9,17-18H,5-6H2,1-2H3. The van der Waals surface area contributed by atoms with Crippen LogP contribution >= 0.6 is 0 Å². The molecule has 2 rings (SSSR count). The average molecular weight is 260 g/mol. The summed E-state index contributed by atoms with van der Waals surface area (Å²) in [4.78, 5) is 0. The van der Waals surface area contributed by atoms with Crippen molar-refractivity contribution in [2.45, 2.75) is 13.3 Å². The number of hydrogen-bond acceptors (Lipinski definition) is 4. The van der Waals surface area contributed by atoms with E-state index in [2.05, 4.69) is 5.10 Å². The highest BCUT2D eigenvalue weighted by molar-refractivity contribution is 6.58. The summed E-state index contributed by atoms with van der Waals surface area (Å²) in [6.45, 7) is 2.44.